The minimum atomic E-state index is -0.176. The zero-order valence-corrected chi connectivity index (χ0v) is 11.9. The van der Waals surface area contributed by atoms with Crippen molar-refractivity contribution in [3.05, 3.63) is 84.7 Å². The summed E-state index contributed by atoms with van der Waals surface area (Å²) >= 11 is 0. The van der Waals surface area contributed by atoms with Crippen LogP contribution in [0, 0.1) is 0 Å². The third-order valence-electron chi connectivity index (χ3n) is 3.11. The molecule has 0 spiro atoms. The molecule has 4 heteroatoms. The van der Waals surface area contributed by atoms with Gasteiger partial charge in [-0.3, -0.25) is 9.78 Å². The van der Waals surface area contributed by atoms with Crippen molar-refractivity contribution in [1.82, 2.24) is 4.98 Å². The molecular formula is C18H15N3O. The number of anilines is 3. The number of aromatic nitrogens is 1. The van der Waals surface area contributed by atoms with Gasteiger partial charge in [-0.05, 0) is 42.5 Å². The van der Waals surface area contributed by atoms with Crippen molar-refractivity contribution in [1.29, 1.82) is 0 Å². The molecule has 2 aromatic carbocycles. The quantitative estimate of drug-likeness (QED) is 0.761. The average molecular weight is 289 g/mol. The molecule has 0 unspecified atom stereocenters. The summed E-state index contributed by atoms with van der Waals surface area (Å²) < 4.78 is 0. The lowest BCUT2D eigenvalue weighted by atomic mass is 10.2. The van der Waals surface area contributed by atoms with E-state index in [0.29, 0.717) is 5.56 Å². The van der Waals surface area contributed by atoms with Gasteiger partial charge in [0.15, 0.2) is 0 Å². The number of hydrogen-bond donors (Lipinski definition) is 2. The van der Waals surface area contributed by atoms with E-state index in [9.17, 15) is 4.79 Å². The average Bonchev–Trinajstić information content (AvgIpc) is 2.57. The van der Waals surface area contributed by atoms with Crippen molar-refractivity contribution >= 4 is 23.0 Å². The topological polar surface area (TPSA) is 54.0 Å². The molecule has 0 aliphatic rings. The van der Waals surface area contributed by atoms with Gasteiger partial charge in [0.05, 0.1) is 5.56 Å². The van der Waals surface area contributed by atoms with Crippen LogP contribution in [0.1, 0.15) is 10.4 Å². The molecule has 0 aliphatic heterocycles. The smallest absolute Gasteiger partial charge is 0.257 e. The first-order chi connectivity index (χ1) is 10.8. The summed E-state index contributed by atoms with van der Waals surface area (Å²) in [4.78, 5) is 16.1. The Kier molecular flexibility index (Phi) is 4.11. The molecule has 1 amide bonds. The summed E-state index contributed by atoms with van der Waals surface area (Å²) in [6.45, 7) is 0. The Balaban J connectivity index is 1.73. The van der Waals surface area contributed by atoms with E-state index >= 15 is 0 Å². The zero-order chi connectivity index (χ0) is 15.2. The molecule has 0 bridgehead atoms. The van der Waals surface area contributed by atoms with E-state index in [1.54, 1.807) is 24.5 Å². The van der Waals surface area contributed by atoms with Gasteiger partial charge >= 0.3 is 0 Å². The lowest BCUT2D eigenvalue weighted by Gasteiger charge is -2.09. The number of amides is 1. The molecule has 22 heavy (non-hydrogen) atoms. The van der Waals surface area contributed by atoms with Gasteiger partial charge in [0.2, 0.25) is 0 Å². The van der Waals surface area contributed by atoms with Gasteiger partial charge in [0.25, 0.3) is 5.91 Å². The normalized spacial score (nSPS) is 10.0. The van der Waals surface area contributed by atoms with Crippen LogP contribution in [0.25, 0.3) is 0 Å². The number of rotatable bonds is 4. The second kappa shape index (κ2) is 6.54. The van der Waals surface area contributed by atoms with Crippen LogP contribution in [0.3, 0.4) is 0 Å². The second-order valence-corrected chi connectivity index (χ2v) is 4.77. The van der Waals surface area contributed by atoms with Gasteiger partial charge in [-0.2, -0.15) is 0 Å². The van der Waals surface area contributed by atoms with E-state index in [1.807, 2.05) is 54.6 Å². The number of nitrogens with zero attached hydrogens (tertiary/aromatic N) is 1. The first kappa shape index (κ1) is 13.8. The van der Waals surface area contributed by atoms with E-state index in [4.69, 9.17) is 0 Å². The first-order valence-corrected chi connectivity index (χ1v) is 6.95. The summed E-state index contributed by atoms with van der Waals surface area (Å²) in [5.41, 5.74) is 3.17. The largest absolute Gasteiger partial charge is 0.355 e. The highest BCUT2D eigenvalue weighted by Crippen LogP contribution is 2.20. The van der Waals surface area contributed by atoms with Crippen LogP contribution in [0.5, 0.6) is 0 Å². The van der Waals surface area contributed by atoms with E-state index < -0.39 is 0 Å². The summed E-state index contributed by atoms with van der Waals surface area (Å²) in [6.07, 6.45) is 3.18. The van der Waals surface area contributed by atoms with Gasteiger partial charge in [0, 0.05) is 29.5 Å². The molecule has 108 valence electrons. The first-order valence-electron chi connectivity index (χ1n) is 6.95. The highest BCUT2D eigenvalue weighted by Gasteiger charge is 2.06. The summed E-state index contributed by atoms with van der Waals surface area (Å²) in [5, 5.41) is 6.16. The lowest BCUT2D eigenvalue weighted by Crippen LogP contribution is -2.12. The van der Waals surface area contributed by atoms with Crippen molar-refractivity contribution in [3.8, 4) is 0 Å². The van der Waals surface area contributed by atoms with Crippen LogP contribution in [0.4, 0.5) is 17.1 Å². The maximum Gasteiger partial charge on any atom is 0.257 e. The molecule has 3 aromatic rings. The Morgan fingerprint density at radius 3 is 2.36 bits per heavy atom. The Labute approximate surface area is 128 Å². The lowest BCUT2D eigenvalue weighted by molar-refractivity contribution is 0.102. The molecule has 1 heterocycles. The van der Waals surface area contributed by atoms with Crippen molar-refractivity contribution in [3.63, 3.8) is 0 Å². The molecule has 4 nitrogen and oxygen atoms in total. The molecule has 0 atom stereocenters. The van der Waals surface area contributed by atoms with Crippen molar-refractivity contribution in [2.75, 3.05) is 10.6 Å². The van der Waals surface area contributed by atoms with Gasteiger partial charge in [-0.15, -0.1) is 0 Å². The fourth-order valence-corrected chi connectivity index (χ4v) is 2.06. The predicted molar refractivity (Wildman–Crippen MR) is 88.4 cm³/mol. The fraction of sp³-hybridized carbons (Fsp3) is 0. The zero-order valence-electron chi connectivity index (χ0n) is 11.9. The van der Waals surface area contributed by atoms with E-state index in [-0.39, 0.29) is 5.91 Å². The maximum atomic E-state index is 12.1. The fourth-order valence-electron chi connectivity index (χ4n) is 2.06. The number of para-hydroxylation sites is 1. The molecule has 0 aliphatic carbocycles. The van der Waals surface area contributed by atoms with Crippen molar-refractivity contribution < 1.29 is 4.79 Å². The van der Waals surface area contributed by atoms with E-state index in [1.165, 1.54) is 0 Å². The molecule has 3 rings (SSSR count). The summed E-state index contributed by atoms with van der Waals surface area (Å²) in [7, 11) is 0. The van der Waals surface area contributed by atoms with Crippen LogP contribution in [0.2, 0.25) is 0 Å². The van der Waals surface area contributed by atoms with Gasteiger partial charge in [0.1, 0.15) is 0 Å². The van der Waals surface area contributed by atoms with Gasteiger partial charge in [-0.25, -0.2) is 0 Å². The standard InChI is InChI=1S/C18H15N3O/c22-18(14-6-5-11-19-13-14)21-17-10-4-9-16(12-17)20-15-7-2-1-3-8-15/h1-13,20H,(H,21,22). The second-order valence-electron chi connectivity index (χ2n) is 4.77. The third-order valence-corrected chi connectivity index (χ3v) is 3.11. The number of carbonyl (C=O) groups is 1. The van der Waals surface area contributed by atoms with Crippen LogP contribution in [-0.2, 0) is 0 Å². The number of benzene rings is 2. The van der Waals surface area contributed by atoms with Crippen molar-refractivity contribution in [2.24, 2.45) is 0 Å². The van der Waals surface area contributed by atoms with Gasteiger partial charge < -0.3 is 10.6 Å². The SMILES string of the molecule is O=C(Nc1cccc(Nc2ccccc2)c1)c1cccnc1. The summed E-state index contributed by atoms with van der Waals surface area (Å²) in [5.74, 6) is -0.176. The number of nitrogens with one attached hydrogen (secondary N) is 2. The molecule has 0 radical (unpaired) electrons. The molecular weight excluding hydrogens is 274 g/mol. The summed E-state index contributed by atoms with van der Waals surface area (Å²) in [6, 6.07) is 20.9. The van der Waals surface area contributed by atoms with E-state index in [0.717, 1.165) is 17.1 Å². The Hall–Kier alpha value is -3.14. The molecule has 0 saturated carbocycles. The minimum Gasteiger partial charge on any atom is -0.355 e. The van der Waals surface area contributed by atoms with E-state index in [2.05, 4.69) is 15.6 Å². The minimum absolute atomic E-state index is 0.176. The molecule has 2 N–H and O–H groups in total. The Morgan fingerprint density at radius 1 is 0.818 bits per heavy atom. The molecule has 0 fully saturated rings. The van der Waals surface area contributed by atoms with Crippen LogP contribution in [0.15, 0.2) is 79.1 Å². The van der Waals surface area contributed by atoms with Crippen LogP contribution < -0.4 is 10.6 Å². The number of carbonyl (C=O) groups excluding carboxylic acids is 1. The number of pyridine rings is 1. The molecule has 1 aromatic heterocycles. The monoisotopic (exact) mass is 289 g/mol. The van der Waals surface area contributed by atoms with Crippen LogP contribution >= 0.6 is 0 Å². The Morgan fingerprint density at radius 2 is 1.59 bits per heavy atom. The van der Waals surface area contributed by atoms with Gasteiger partial charge in [-0.1, -0.05) is 24.3 Å². The maximum absolute atomic E-state index is 12.1. The van der Waals surface area contributed by atoms with Crippen LogP contribution in [-0.4, -0.2) is 10.9 Å². The number of hydrogen-bond acceptors (Lipinski definition) is 3. The third kappa shape index (κ3) is 3.49. The van der Waals surface area contributed by atoms with Crippen molar-refractivity contribution in [2.45, 2.75) is 0 Å². The highest BCUT2D eigenvalue weighted by molar-refractivity contribution is 6.04. The predicted octanol–water partition coefficient (Wildman–Crippen LogP) is 4.08. The Bertz CT molecular complexity index is 758. The highest BCUT2D eigenvalue weighted by atomic mass is 16.1. The molecule has 0 saturated heterocycles.